The molecule has 0 aliphatic heterocycles. The molecule has 0 amide bonds. The first kappa shape index (κ1) is 16.3. The summed E-state index contributed by atoms with van der Waals surface area (Å²) < 4.78 is 0. The molecule has 0 aliphatic rings. The highest BCUT2D eigenvalue weighted by molar-refractivity contribution is 7.98. The van der Waals surface area contributed by atoms with E-state index in [1.165, 1.54) is 23.1 Å². The Hall–Kier alpha value is -1.58. The first-order chi connectivity index (χ1) is 11.2. The fourth-order valence-electron chi connectivity index (χ4n) is 1.90. The molecule has 0 saturated heterocycles. The van der Waals surface area contributed by atoms with Crippen molar-refractivity contribution in [3.8, 4) is 16.6 Å². The van der Waals surface area contributed by atoms with Gasteiger partial charge in [-0.1, -0.05) is 53.2 Å². The molecule has 0 N–H and O–H groups in total. The number of thiophene rings is 1. The van der Waals surface area contributed by atoms with E-state index in [1.54, 1.807) is 0 Å². The predicted molar refractivity (Wildman–Crippen MR) is 96.1 cm³/mol. The Morgan fingerprint density at radius 1 is 1.13 bits per heavy atom. The molecule has 2 aromatic heterocycles. The Labute approximate surface area is 151 Å². The van der Waals surface area contributed by atoms with Crippen molar-refractivity contribution < 1.29 is 0 Å². The van der Waals surface area contributed by atoms with Gasteiger partial charge in [0.25, 0.3) is 0 Å². The van der Waals surface area contributed by atoms with Gasteiger partial charge in [0.05, 0.1) is 4.88 Å². The molecule has 3 rings (SSSR count). The highest BCUT2D eigenvalue weighted by atomic mass is 35.5. The second-order valence-electron chi connectivity index (χ2n) is 4.52. The zero-order valence-electron chi connectivity index (χ0n) is 11.7. The molecule has 0 saturated carbocycles. The number of hydrogen-bond donors (Lipinski definition) is 0. The molecule has 0 atom stereocenters. The molecule has 1 aromatic carbocycles. The van der Waals surface area contributed by atoms with Gasteiger partial charge in [0.15, 0.2) is 10.3 Å². The standard InChI is InChI=1S/C16H9Cl2N3S2/c17-11-5-3-10(4-6-11)9-23-16-20-14(13-2-1-7-22-13)12(8-19)15(18)21-16/h1-7H,9H2. The summed E-state index contributed by atoms with van der Waals surface area (Å²) in [5, 5.41) is 12.7. The highest BCUT2D eigenvalue weighted by Crippen LogP contribution is 2.32. The Kier molecular flexibility index (Phi) is 5.19. The van der Waals surface area contributed by atoms with Crippen LogP contribution in [0.2, 0.25) is 10.2 Å². The Bertz CT molecular complexity index is 856. The van der Waals surface area contributed by atoms with E-state index in [4.69, 9.17) is 23.2 Å². The van der Waals surface area contributed by atoms with Crippen molar-refractivity contribution in [2.24, 2.45) is 0 Å². The van der Waals surface area contributed by atoms with Crippen molar-refractivity contribution in [3.63, 3.8) is 0 Å². The van der Waals surface area contributed by atoms with E-state index < -0.39 is 0 Å². The molecule has 23 heavy (non-hydrogen) atoms. The summed E-state index contributed by atoms with van der Waals surface area (Å²) in [6.45, 7) is 0. The van der Waals surface area contributed by atoms with E-state index in [2.05, 4.69) is 16.0 Å². The normalized spacial score (nSPS) is 10.5. The van der Waals surface area contributed by atoms with Gasteiger partial charge in [0.2, 0.25) is 0 Å². The van der Waals surface area contributed by atoms with Crippen LogP contribution < -0.4 is 0 Å². The average molecular weight is 378 g/mol. The first-order valence-corrected chi connectivity index (χ1v) is 9.18. The van der Waals surface area contributed by atoms with Gasteiger partial charge in [-0.15, -0.1) is 11.3 Å². The van der Waals surface area contributed by atoms with Crippen molar-refractivity contribution in [1.82, 2.24) is 9.97 Å². The second-order valence-corrected chi connectivity index (χ2v) is 7.21. The number of rotatable bonds is 4. The van der Waals surface area contributed by atoms with Crippen LogP contribution in [0.3, 0.4) is 0 Å². The second kappa shape index (κ2) is 7.33. The van der Waals surface area contributed by atoms with E-state index >= 15 is 0 Å². The minimum absolute atomic E-state index is 0.185. The van der Waals surface area contributed by atoms with Crippen LogP contribution in [0.1, 0.15) is 11.1 Å². The fourth-order valence-corrected chi connectivity index (χ4v) is 3.81. The maximum Gasteiger partial charge on any atom is 0.189 e. The predicted octanol–water partition coefficient (Wildman–Crippen LogP) is 5.68. The third kappa shape index (κ3) is 3.85. The molecule has 0 bridgehead atoms. The van der Waals surface area contributed by atoms with Crippen molar-refractivity contribution in [1.29, 1.82) is 5.26 Å². The van der Waals surface area contributed by atoms with Gasteiger partial charge in [-0.3, -0.25) is 0 Å². The van der Waals surface area contributed by atoms with E-state index in [1.807, 2.05) is 41.8 Å². The van der Waals surface area contributed by atoms with E-state index in [9.17, 15) is 5.26 Å². The molecule has 3 aromatic rings. The number of hydrogen-bond acceptors (Lipinski definition) is 5. The molecule has 2 heterocycles. The third-order valence-corrected chi connectivity index (χ3v) is 5.31. The molecule has 0 aliphatic carbocycles. The largest absolute Gasteiger partial charge is 0.220 e. The smallest absolute Gasteiger partial charge is 0.189 e. The van der Waals surface area contributed by atoms with Crippen LogP contribution in [0.15, 0.2) is 46.9 Å². The van der Waals surface area contributed by atoms with Crippen LogP contribution in [-0.2, 0) is 5.75 Å². The SMILES string of the molecule is N#Cc1c(Cl)nc(SCc2ccc(Cl)cc2)nc1-c1cccs1. The van der Waals surface area contributed by atoms with Gasteiger partial charge in [0, 0.05) is 10.8 Å². The summed E-state index contributed by atoms with van der Waals surface area (Å²) in [7, 11) is 0. The van der Waals surface area contributed by atoms with Crippen LogP contribution in [0.5, 0.6) is 0 Å². The molecule has 7 heteroatoms. The lowest BCUT2D eigenvalue weighted by Gasteiger charge is -2.06. The summed E-state index contributed by atoms with van der Waals surface area (Å²) in [6, 6.07) is 13.5. The molecule has 0 radical (unpaired) electrons. The van der Waals surface area contributed by atoms with Gasteiger partial charge in [-0.25, -0.2) is 9.97 Å². The Morgan fingerprint density at radius 2 is 1.91 bits per heavy atom. The molecule has 0 fully saturated rings. The van der Waals surface area contributed by atoms with Crippen molar-refractivity contribution in [2.45, 2.75) is 10.9 Å². The van der Waals surface area contributed by atoms with Crippen molar-refractivity contribution in [2.75, 3.05) is 0 Å². The van der Waals surface area contributed by atoms with Gasteiger partial charge in [-0.05, 0) is 29.1 Å². The lowest BCUT2D eigenvalue weighted by Crippen LogP contribution is -1.96. The Morgan fingerprint density at radius 3 is 2.57 bits per heavy atom. The monoisotopic (exact) mass is 377 g/mol. The van der Waals surface area contributed by atoms with Crippen LogP contribution in [-0.4, -0.2) is 9.97 Å². The van der Waals surface area contributed by atoms with Crippen molar-refractivity contribution in [3.05, 3.63) is 63.1 Å². The molecule has 3 nitrogen and oxygen atoms in total. The number of benzene rings is 1. The highest BCUT2D eigenvalue weighted by Gasteiger charge is 2.15. The number of nitrogens with zero attached hydrogens (tertiary/aromatic N) is 3. The zero-order chi connectivity index (χ0) is 16.2. The maximum atomic E-state index is 9.29. The third-order valence-electron chi connectivity index (χ3n) is 2.99. The van der Waals surface area contributed by atoms with E-state index in [-0.39, 0.29) is 5.15 Å². The average Bonchev–Trinajstić information content (AvgIpc) is 3.08. The summed E-state index contributed by atoms with van der Waals surface area (Å²) in [6.07, 6.45) is 0. The van der Waals surface area contributed by atoms with Crippen LogP contribution in [0, 0.1) is 11.3 Å². The molecule has 0 spiro atoms. The number of thioether (sulfide) groups is 1. The van der Waals surface area contributed by atoms with Crippen LogP contribution in [0.4, 0.5) is 0 Å². The summed E-state index contributed by atoms with van der Waals surface area (Å²) in [4.78, 5) is 9.63. The molecule has 114 valence electrons. The van der Waals surface area contributed by atoms with Crippen LogP contribution in [0.25, 0.3) is 10.6 Å². The van der Waals surface area contributed by atoms with E-state index in [0.29, 0.717) is 27.2 Å². The lowest BCUT2D eigenvalue weighted by atomic mass is 10.2. The molecular weight excluding hydrogens is 369 g/mol. The minimum atomic E-state index is 0.185. The first-order valence-electron chi connectivity index (χ1n) is 6.56. The quantitative estimate of drug-likeness (QED) is 0.333. The summed E-state index contributed by atoms with van der Waals surface area (Å²) >= 11 is 15.0. The van der Waals surface area contributed by atoms with Gasteiger partial charge >= 0.3 is 0 Å². The molecule has 0 unspecified atom stereocenters. The van der Waals surface area contributed by atoms with Gasteiger partial charge < -0.3 is 0 Å². The van der Waals surface area contributed by atoms with Crippen LogP contribution >= 0.6 is 46.3 Å². The molecular formula is C16H9Cl2N3S2. The van der Waals surface area contributed by atoms with Gasteiger partial charge in [-0.2, -0.15) is 5.26 Å². The fraction of sp³-hybridized carbons (Fsp3) is 0.0625. The minimum Gasteiger partial charge on any atom is -0.220 e. The Balaban J connectivity index is 1.88. The number of aromatic nitrogens is 2. The van der Waals surface area contributed by atoms with Crippen molar-refractivity contribution >= 4 is 46.3 Å². The van der Waals surface area contributed by atoms with E-state index in [0.717, 1.165) is 10.4 Å². The summed E-state index contributed by atoms with van der Waals surface area (Å²) in [5.41, 5.74) is 2.01. The summed E-state index contributed by atoms with van der Waals surface area (Å²) in [5.74, 6) is 0.698. The zero-order valence-corrected chi connectivity index (χ0v) is 14.8. The maximum absolute atomic E-state index is 9.29. The lowest BCUT2D eigenvalue weighted by molar-refractivity contribution is 0.968. The van der Waals surface area contributed by atoms with Gasteiger partial charge in [0.1, 0.15) is 17.3 Å². The number of nitriles is 1. The topological polar surface area (TPSA) is 49.6 Å². The number of halogens is 2.